The Bertz CT molecular complexity index is 1140. The van der Waals surface area contributed by atoms with Crippen molar-refractivity contribution < 1.29 is 14.6 Å². The monoisotopic (exact) mass is 336 g/mol. The van der Waals surface area contributed by atoms with Gasteiger partial charge in [-0.3, -0.25) is 0 Å². The summed E-state index contributed by atoms with van der Waals surface area (Å²) in [5.41, 5.74) is 12.1. The second-order valence-corrected chi connectivity index (χ2v) is 5.32. The molecule has 2 heterocycles. The van der Waals surface area contributed by atoms with Crippen LogP contribution in [0.2, 0.25) is 0 Å². The largest absolute Gasteiger partial charge is 0.492 e. The molecule has 0 aliphatic carbocycles. The number of hydrogen-bond donors (Lipinski definition) is 4. The van der Waals surface area contributed by atoms with Crippen LogP contribution in [0, 0.1) is 0 Å². The molecular formula is C16H12N6O3. The number of hydrogen-bond acceptors (Lipinski definition) is 8. The lowest BCUT2D eigenvalue weighted by Crippen LogP contribution is -2.12. The normalized spacial score (nSPS) is 11.0. The molecule has 0 amide bonds. The maximum Gasteiger partial charge on any atom is 0.348 e. The molecule has 25 heavy (non-hydrogen) atoms. The molecule has 124 valence electrons. The van der Waals surface area contributed by atoms with Gasteiger partial charge in [-0.2, -0.15) is 15.0 Å². The first-order chi connectivity index (χ1) is 12.0. The van der Waals surface area contributed by atoms with Crippen molar-refractivity contribution in [3.8, 4) is 11.9 Å². The number of imidazole rings is 1. The molecular weight excluding hydrogens is 324 g/mol. The minimum Gasteiger partial charge on any atom is -0.492 e. The zero-order valence-corrected chi connectivity index (χ0v) is 12.7. The standard InChI is InChI=1S/C16H12N6O3/c17-10-6-8-4-2-1-3-7(8)5-9(10)14(24)25-16-19-11-12(21-16)20-15(18)22-13(11)23/h1-6H,17H2,(H4,18,19,20,21,22,23). The SMILES string of the molecule is Nc1nc(O)c2[nH]c(OC(=O)c3cc4ccccc4cc3N)nc2n1. The van der Waals surface area contributed by atoms with Crippen molar-refractivity contribution in [2.75, 3.05) is 11.5 Å². The molecule has 6 N–H and O–H groups in total. The third kappa shape index (κ3) is 2.53. The molecule has 0 atom stereocenters. The Kier molecular flexibility index (Phi) is 3.14. The van der Waals surface area contributed by atoms with Crippen LogP contribution < -0.4 is 16.2 Å². The highest BCUT2D eigenvalue weighted by molar-refractivity contribution is 6.02. The summed E-state index contributed by atoms with van der Waals surface area (Å²) in [6, 6.07) is 10.7. The van der Waals surface area contributed by atoms with Crippen LogP contribution >= 0.6 is 0 Å². The highest BCUT2D eigenvalue weighted by atomic mass is 16.5. The fourth-order valence-electron chi connectivity index (χ4n) is 2.50. The summed E-state index contributed by atoms with van der Waals surface area (Å²) >= 11 is 0. The topological polar surface area (TPSA) is 153 Å². The van der Waals surface area contributed by atoms with E-state index in [0.717, 1.165) is 10.8 Å². The number of nitrogens with two attached hydrogens (primary N) is 2. The Morgan fingerprint density at radius 2 is 1.80 bits per heavy atom. The van der Waals surface area contributed by atoms with Gasteiger partial charge in [0.25, 0.3) is 0 Å². The van der Waals surface area contributed by atoms with Crippen LogP contribution in [0.3, 0.4) is 0 Å². The number of nitrogens with one attached hydrogen (secondary N) is 1. The predicted octanol–water partition coefficient (Wildman–Crippen LogP) is 1.60. The van der Waals surface area contributed by atoms with Gasteiger partial charge in [0.05, 0.1) is 5.56 Å². The third-order valence-corrected chi connectivity index (χ3v) is 3.65. The first-order valence-corrected chi connectivity index (χ1v) is 7.24. The fraction of sp³-hybridized carbons (Fsp3) is 0. The third-order valence-electron chi connectivity index (χ3n) is 3.65. The molecule has 4 rings (SSSR count). The van der Waals surface area contributed by atoms with Crippen LogP contribution in [0.4, 0.5) is 11.6 Å². The van der Waals surface area contributed by atoms with Crippen LogP contribution in [-0.2, 0) is 0 Å². The number of rotatable bonds is 2. The quantitative estimate of drug-likeness (QED) is 0.318. The Morgan fingerprint density at radius 1 is 1.08 bits per heavy atom. The number of esters is 1. The van der Waals surface area contributed by atoms with E-state index in [1.165, 1.54) is 0 Å². The minimum atomic E-state index is -0.692. The molecule has 0 radical (unpaired) electrons. The van der Waals surface area contributed by atoms with E-state index in [-0.39, 0.29) is 40.3 Å². The lowest BCUT2D eigenvalue weighted by atomic mass is 10.1. The maximum absolute atomic E-state index is 12.4. The van der Waals surface area contributed by atoms with Crippen LogP contribution in [0.25, 0.3) is 21.9 Å². The average molecular weight is 336 g/mol. The number of H-pyrrole nitrogens is 1. The van der Waals surface area contributed by atoms with Gasteiger partial charge in [0.1, 0.15) is 0 Å². The predicted molar refractivity (Wildman–Crippen MR) is 91.1 cm³/mol. The zero-order chi connectivity index (χ0) is 17.6. The summed E-state index contributed by atoms with van der Waals surface area (Å²) < 4.78 is 5.20. The van der Waals surface area contributed by atoms with Crippen molar-refractivity contribution in [2.45, 2.75) is 0 Å². The molecule has 2 aromatic carbocycles. The van der Waals surface area contributed by atoms with Gasteiger partial charge in [-0.05, 0) is 22.9 Å². The van der Waals surface area contributed by atoms with Gasteiger partial charge in [-0.25, -0.2) is 4.79 Å². The fourth-order valence-corrected chi connectivity index (χ4v) is 2.50. The van der Waals surface area contributed by atoms with Crippen molar-refractivity contribution in [1.29, 1.82) is 0 Å². The Labute approximate surface area is 140 Å². The van der Waals surface area contributed by atoms with Crippen LogP contribution in [-0.4, -0.2) is 31.0 Å². The molecule has 2 aromatic heterocycles. The van der Waals surface area contributed by atoms with Crippen LogP contribution in [0.1, 0.15) is 10.4 Å². The van der Waals surface area contributed by atoms with Gasteiger partial charge in [0.15, 0.2) is 11.2 Å². The molecule has 0 saturated heterocycles. The number of nitrogen functional groups attached to an aromatic ring is 2. The Balaban J connectivity index is 1.70. The minimum absolute atomic E-state index is 0.0827. The smallest absolute Gasteiger partial charge is 0.348 e. The molecule has 0 aliphatic rings. The second kappa shape index (κ2) is 5.34. The van der Waals surface area contributed by atoms with E-state index in [4.69, 9.17) is 16.2 Å². The molecule has 9 heteroatoms. The number of aromatic amines is 1. The Hall–Kier alpha value is -3.88. The molecule has 0 aliphatic heterocycles. The number of carbonyl (C=O) groups is 1. The molecule has 0 bridgehead atoms. The maximum atomic E-state index is 12.4. The molecule has 9 nitrogen and oxygen atoms in total. The van der Waals surface area contributed by atoms with E-state index < -0.39 is 5.97 Å². The molecule has 0 saturated carbocycles. The summed E-state index contributed by atoms with van der Waals surface area (Å²) in [5.74, 6) is -1.22. The summed E-state index contributed by atoms with van der Waals surface area (Å²) in [4.78, 5) is 26.4. The number of aromatic hydroxyl groups is 1. The summed E-state index contributed by atoms with van der Waals surface area (Å²) in [6.45, 7) is 0. The number of nitrogens with zero attached hydrogens (tertiary/aromatic N) is 3. The van der Waals surface area contributed by atoms with E-state index in [9.17, 15) is 9.90 Å². The summed E-state index contributed by atoms with van der Waals surface area (Å²) in [7, 11) is 0. The second-order valence-electron chi connectivity index (χ2n) is 5.32. The van der Waals surface area contributed by atoms with Gasteiger partial charge in [-0.15, -0.1) is 0 Å². The number of anilines is 2. The number of benzene rings is 2. The van der Waals surface area contributed by atoms with E-state index in [1.54, 1.807) is 12.1 Å². The van der Waals surface area contributed by atoms with Crippen molar-refractivity contribution >= 4 is 39.5 Å². The summed E-state index contributed by atoms with van der Waals surface area (Å²) in [6.07, 6.45) is 0. The highest BCUT2D eigenvalue weighted by Crippen LogP contribution is 2.25. The van der Waals surface area contributed by atoms with Crippen molar-refractivity contribution in [3.05, 3.63) is 42.0 Å². The van der Waals surface area contributed by atoms with Crippen LogP contribution in [0.5, 0.6) is 11.9 Å². The number of fused-ring (bicyclic) bond motifs is 2. The van der Waals surface area contributed by atoms with Gasteiger partial charge in [-0.1, -0.05) is 24.3 Å². The summed E-state index contributed by atoms with van der Waals surface area (Å²) in [5, 5.41) is 11.5. The highest BCUT2D eigenvalue weighted by Gasteiger charge is 2.18. The number of aromatic nitrogens is 4. The Morgan fingerprint density at radius 3 is 2.56 bits per heavy atom. The van der Waals surface area contributed by atoms with Gasteiger partial charge in [0, 0.05) is 5.69 Å². The lowest BCUT2D eigenvalue weighted by molar-refractivity contribution is 0.0723. The molecule has 0 spiro atoms. The van der Waals surface area contributed by atoms with E-state index >= 15 is 0 Å². The van der Waals surface area contributed by atoms with Crippen LogP contribution in [0.15, 0.2) is 36.4 Å². The lowest BCUT2D eigenvalue weighted by Gasteiger charge is -2.06. The van der Waals surface area contributed by atoms with E-state index in [2.05, 4.69) is 19.9 Å². The van der Waals surface area contributed by atoms with Crippen molar-refractivity contribution in [3.63, 3.8) is 0 Å². The average Bonchev–Trinajstić information content (AvgIpc) is 2.96. The van der Waals surface area contributed by atoms with Crippen molar-refractivity contribution in [2.24, 2.45) is 0 Å². The van der Waals surface area contributed by atoms with Crippen molar-refractivity contribution in [1.82, 2.24) is 19.9 Å². The first kappa shape index (κ1) is 14.7. The van der Waals surface area contributed by atoms with Gasteiger partial charge in [0.2, 0.25) is 11.8 Å². The first-order valence-electron chi connectivity index (χ1n) is 7.24. The molecule has 4 aromatic rings. The molecule has 0 unspecified atom stereocenters. The van der Waals surface area contributed by atoms with E-state index in [1.807, 2.05) is 24.3 Å². The molecule has 0 fully saturated rings. The van der Waals surface area contributed by atoms with Gasteiger partial charge >= 0.3 is 12.0 Å². The number of ether oxygens (including phenoxy) is 1. The zero-order valence-electron chi connectivity index (χ0n) is 12.7. The number of carbonyl (C=O) groups excluding carboxylic acids is 1. The van der Waals surface area contributed by atoms with Gasteiger partial charge < -0.3 is 26.3 Å². The van der Waals surface area contributed by atoms with E-state index in [0.29, 0.717) is 0 Å².